The lowest BCUT2D eigenvalue weighted by Gasteiger charge is -2.12. The molecule has 0 bridgehead atoms. The van der Waals surface area contributed by atoms with Gasteiger partial charge >= 0.3 is 0 Å². The van der Waals surface area contributed by atoms with Crippen molar-refractivity contribution in [3.8, 4) is 5.75 Å². The number of fused-ring (bicyclic) bond motifs is 1. The number of aryl methyl sites for hydroxylation is 2. The summed E-state index contributed by atoms with van der Waals surface area (Å²) < 4.78 is 35.4. The van der Waals surface area contributed by atoms with Crippen molar-refractivity contribution in [1.29, 1.82) is 0 Å². The highest BCUT2D eigenvalue weighted by atomic mass is 32.2. The minimum atomic E-state index is -4.03. The molecule has 0 unspecified atom stereocenters. The molecule has 0 fully saturated rings. The van der Waals surface area contributed by atoms with Crippen LogP contribution in [0.15, 0.2) is 71.8 Å². The molecular formula is C31H35N3O5S. The average Bonchev–Trinajstić information content (AvgIpc) is 3.23. The molecule has 0 saturated carbocycles. The van der Waals surface area contributed by atoms with Crippen molar-refractivity contribution >= 4 is 32.7 Å². The van der Waals surface area contributed by atoms with Crippen molar-refractivity contribution in [3.63, 3.8) is 0 Å². The van der Waals surface area contributed by atoms with Gasteiger partial charge in [-0.2, -0.15) is 0 Å². The van der Waals surface area contributed by atoms with E-state index < -0.39 is 15.9 Å². The van der Waals surface area contributed by atoms with Crippen LogP contribution in [0.5, 0.6) is 5.75 Å². The molecule has 0 spiro atoms. The number of ether oxygens (including phenoxy) is 1. The molecule has 0 radical (unpaired) electrons. The summed E-state index contributed by atoms with van der Waals surface area (Å²) in [5.74, 6) is -0.255. The second kappa shape index (κ2) is 12.4. The van der Waals surface area contributed by atoms with Gasteiger partial charge in [-0.15, -0.1) is 0 Å². The number of carbonyl (C=O) groups is 2. The lowest BCUT2D eigenvalue weighted by molar-refractivity contribution is -0.120. The number of sulfonamides is 1. The van der Waals surface area contributed by atoms with Gasteiger partial charge in [0.15, 0.2) is 0 Å². The lowest BCUT2D eigenvalue weighted by atomic mass is 10.00. The fourth-order valence-corrected chi connectivity index (χ4v) is 5.98. The van der Waals surface area contributed by atoms with Crippen LogP contribution in [-0.2, 0) is 34.7 Å². The predicted molar refractivity (Wildman–Crippen MR) is 156 cm³/mol. The SMILES string of the molecule is CCCCNC(=O)Cc1ccc2c(c1)c(Cc1ccc(C(=O)NS(=O)(=O)c3ccccc3C)cc1OC)cn2C. The summed E-state index contributed by atoms with van der Waals surface area (Å²) in [6.07, 6.45) is 4.87. The molecule has 4 aromatic rings. The summed E-state index contributed by atoms with van der Waals surface area (Å²) in [5.41, 5.74) is 4.59. The van der Waals surface area contributed by atoms with E-state index in [1.807, 2.05) is 29.9 Å². The highest BCUT2D eigenvalue weighted by Gasteiger charge is 2.21. The molecule has 0 atom stereocenters. The number of methoxy groups -OCH3 is 1. The predicted octanol–water partition coefficient (Wildman–Crippen LogP) is 4.66. The number of nitrogens with zero attached hydrogens (tertiary/aromatic N) is 1. The van der Waals surface area contributed by atoms with Crippen LogP contribution in [0.25, 0.3) is 10.9 Å². The first-order valence-corrected chi connectivity index (χ1v) is 14.7. The van der Waals surface area contributed by atoms with Gasteiger partial charge in [0.2, 0.25) is 5.91 Å². The summed E-state index contributed by atoms with van der Waals surface area (Å²) in [7, 11) is -0.538. The van der Waals surface area contributed by atoms with E-state index in [1.165, 1.54) is 13.2 Å². The maximum Gasteiger partial charge on any atom is 0.265 e. The van der Waals surface area contributed by atoms with Crippen LogP contribution in [-0.4, -0.2) is 38.5 Å². The normalized spacial score (nSPS) is 11.4. The van der Waals surface area contributed by atoms with E-state index >= 15 is 0 Å². The zero-order chi connectivity index (χ0) is 28.9. The summed E-state index contributed by atoms with van der Waals surface area (Å²) >= 11 is 0. The van der Waals surface area contributed by atoms with E-state index in [4.69, 9.17) is 4.74 Å². The van der Waals surface area contributed by atoms with Crippen molar-refractivity contribution in [3.05, 3.63) is 94.7 Å². The quantitative estimate of drug-likeness (QED) is 0.259. The Bertz CT molecular complexity index is 1660. The number of unbranched alkanes of at least 4 members (excludes halogenated alkanes) is 1. The Morgan fingerprint density at radius 2 is 1.77 bits per heavy atom. The topological polar surface area (TPSA) is 106 Å². The smallest absolute Gasteiger partial charge is 0.265 e. The molecule has 1 heterocycles. The number of nitrogens with one attached hydrogen (secondary N) is 2. The Morgan fingerprint density at radius 1 is 1.00 bits per heavy atom. The fourth-order valence-electron chi connectivity index (χ4n) is 4.76. The summed E-state index contributed by atoms with van der Waals surface area (Å²) in [6.45, 7) is 4.45. The molecular weight excluding hydrogens is 526 g/mol. The van der Waals surface area contributed by atoms with Crippen molar-refractivity contribution in [2.75, 3.05) is 13.7 Å². The molecule has 4 rings (SSSR count). The first-order chi connectivity index (χ1) is 19.1. The van der Waals surface area contributed by atoms with Crippen molar-refractivity contribution < 1.29 is 22.7 Å². The molecule has 3 aromatic carbocycles. The van der Waals surface area contributed by atoms with Crippen LogP contribution < -0.4 is 14.8 Å². The molecule has 0 aliphatic carbocycles. The Kier molecular flexibility index (Phi) is 8.94. The Hall–Kier alpha value is -4.11. The van der Waals surface area contributed by atoms with Crippen LogP contribution in [0, 0.1) is 6.92 Å². The van der Waals surface area contributed by atoms with E-state index in [0.717, 1.165) is 40.4 Å². The van der Waals surface area contributed by atoms with Gasteiger partial charge < -0.3 is 14.6 Å². The largest absolute Gasteiger partial charge is 0.496 e. The third kappa shape index (κ3) is 6.54. The van der Waals surface area contributed by atoms with Gasteiger partial charge in [0.25, 0.3) is 15.9 Å². The van der Waals surface area contributed by atoms with Gasteiger partial charge in [-0.05, 0) is 65.9 Å². The van der Waals surface area contributed by atoms with Crippen LogP contribution in [0.1, 0.15) is 52.4 Å². The third-order valence-corrected chi connectivity index (χ3v) is 8.39. The van der Waals surface area contributed by atoms with Gasteiger partial charge in [0, 0.05) is 42.7 Å². The van der Waals surface area contributed by atoms with Gasteiger partial charge in [-0.25, -0.2) is 13.1 Å². The molecule has 1 aromatic heterocycles. The monoisotopic (exact) mass is 561 g/mol. The summed E-state index contributed by atoms with van der Waals surface area (Å²) in [6, 6.07) is 17.5. The molecule has 0 saturated heterocycles. The first-order valence-electron chi connectivity index (χ1n) is 13.3. The van der Waals surface area contributed by atoms with E-state index in [-0.39, 0.29) is 16.4 Å². The van der Waals surface area contributed by atoms with E-state index in [1.54, 1.807) is 43.3 Å². The number of carbonyl (C=O) groups excluding carboxylic acids is 2. The Labute approximate surface area is 235 Å². The molecule has 2 amide bonds. The third-order valence-electron chi connectivity index (χ3n) is 6.89. The van der Waals surface area contributed by atoms with Gasteiger partial charge in [-0.1, -0.05) is 43.7 Å². The number of amides is 2. The van der Waals surface area contributed by atoms with Crippen molar-refractivity contribution in [1.82, 2.24) is 14.6 Å². The standard InChI is InChI=1S/C31H35N3O5S/c1-5-6-15-32-30(35)17-22-11-14-27-26(16-22)25(20-34(27)3)18-23-12-13-24(19-28(23)39-4)31(36)33-40(37,38)29-10-8-7-9-21(29)2/h7-14,16,19-20H,5-6,15,17-18H2,1-4H3,(H,32,35)(H,33,36). The molecule has 9 heteroatoms. The van der Waals surface area contributed by atoms with Crippen LogP contribution in [0.3, 0.4) is 0 Å². The number of benzene rings is 3. The van der Waals surface area contributed by atoms with E-state index in [2.05, 4.69) is 23.0 Å². The molecule has 210 valence electrons. The zero-order valence-electron chi connectivity index (χ0n) is 23.3. The second-order valence-corrected chi connectivity index (χ2v) is 11.6. The lowest BCUT2D eigenvalue weighted by Crippen LogP contribution is -2.31. The molecule has 40 heavy (non-hydrogen) atoms. The van der Waals surface area contributed by atoms with Gasteiger partial charge in [0.05, 0.1) is 18.4 Å². The maximum absolute atomic E-state index is 12.9. The van der Waals surface area contributed by atoms with Crippen LogP contribution in [0.4, 0.5) is 0 Å². The first kappa shape index (κ1) is 28.9. The Morgan fingerprint density at radius 3 is 2.50 bits per heavy atom. The fraction of sp³-hybridized carbons (Fsp3) is 0.290. The number of hydrogen-bond donors (Lipinski definition) is 2. The highest BCUT2D eigenvalue weighted by molar-refractivity contribution is 7.90. The highest BCUT2D eigenvalue weighted by Crippen LogP contribution is 2.29. The number of aromatic nitrogens is 1. The maximum atomic E-state index is 12.9. The van der Waals surface area contributed by atoms with Crippen molar-refractivity contribution in [2.24, 2.45) is 7.05 Å². The zero-order valence-corrected chi connectivity index (χ0v) is 24.1. The molecule has 0 aliphatic heterocycles. The number of rotatable bonds is 11. The minimum absolute atomic E-state index is 0.00487. The van der Waals surface area contributed by atoms with E-state index in [9.17, 15) is 18.0 Å². The average molecular weight is 562 g/mol. The van der Waals surface area contributed by atoms with Gasteiger partial charge in [-0.3, -0.25) is 9.59 Å². The summed E-state index contributed by atoms with van der Waals surface area (Å²) in [5, 5.41) is 4.00. The van der Waals surface area contributed by atoms with Crippen LogP contribution >= 0.6 is 0 Å². The van der Waals surface area contributed by atoms with E-state index in [0.29, 0.717) is 30.7 Å². The van der Waals surface area contributed by atoms with Gasteiger partial charge in [0.1, 0.15) is 5.75 Å². The summed E-state index contributed by atoms with van der Waals surface area (Å²) in [4.78, 5) is 25.3. The van der Waals surface area contributed by atoms with Crippen molar-refractivity contribution in [2.45, 2.75) is 44.4 Å². The molecule has 8 nitrogen and oxygen atoms in total. The minimum Gasteiger partial charge on any atom is -0.496 e. The van der Waals surface area contributed by atoms with Crippen LogP contribution in [0.2, 0.25) is 0 Å². The second-order valence-electron chi connectivity index (χ2n) is 9.90. The molecule has 2 N–H and O–H groups in total. The number of hydrogen-bond acceptors (Lipinski definition) is 5. The molecule has 0 aliphatic rings. The Balaban J connectivity index is 1.55.